The number of para-hydroxylation sites is 1. The Morgan fingerprint density at radius 2 is 1.61 bits per heavy atom. The lowest BCUT2D eigenvalue weighted by molar-refractivity contribution is -0.0758. The highest BCUT2D eigenvalue weighted by molar-refractivity contribution is 5.71. The summed E-state index contributed by atoms with van der Waals surface area (Å²) < 4.78 is 16.1. The molecule has 4 unspecified atom stereocenters. The van der Waals surface area contributed by atoms with E-state index in [1.54, 1.807) is 12.1 Å². The lowest BCUT2D eigenvalue weighted by Gasteiger charge is -2.22. The summed E-state index contributed by atoms with van der Waals surface area (Å²) in [4.78, 5) is 0. The number of nitrogens with zero attached hydrogens (tertiary/aromatic N) is 1. The van der Waals surface area contributed by atoms with Gasteiger partial charge in [-0.1, -0.05) is 56.4 Å². The maximum absolute atomic E-state index is 14.0. The van der Waals surface area contributed by atoms with Gasteiger partial charge >= 0.3 is 0 Å². The zero-order valence-corrected chi connectivity index (χ0v) is 23.6. The van der Waals surface area contributed by atoms with Gasteiger partial charge < -0.3 is 35.4 Å². The van der Waals surface area contributed by atoms with Crippen LogP contribution in [-0.2, 0) is 6.54 Å². The third kappa shape index (κ3) is 7.72. The largest absolute Gasteiger partial charge is 0.393 e. The van der Waals surface area contributed by atoms with Crippen molar-refractivity contribution in [2.24, 2.45) is 0 Å². The molecule has 41 heavy (non-hydrogen) atoms. The molecular formula is C33H41FN2O5. The lowest BCUT2D eigenvalue weighted by Crippen LogP contribution is -2.24. The second-order valence-corrected chi connectivity index (χ2v) is 11.0. The van der Waals surface area contributed by atoms with Gasteiger partial charge in [-0.15, -0.1) is 0 Å². The van der Waals surface area contributed by atoms with E-state index in [1.807, 2.05) is 42.5 Å². The van der Waals surface area contributed by atoms with Crippen LogP contribution in [0.4, 0.5) is 10.1 Å². The summed E-state index contributed by atoms with van der Waals surface area (Å²) in [6, 6.07) is 15.8. The standard InChI is InChI=1S/C33H41FN2O5/c1-21(2)31-30(33(41)35-25-11-7-4-8-12-25)29(22-9-5-3-6-10-22)32(23-13-15-24(34)16-14-23)36(31)18-17-26(37)19-27(38)20-28(39)40/h3-9,11-16,21-22,26-28,33,35,37-41H,10,17-20H2,1-2H3. The molecule has 0 spiro atoms. The monoisotopic (exact) mass is 564 g/mol. The van der Waals surface area contributed by atoms with Crippen molar-refractivity contribution in [1.82, 2.24) is 4.57 Å². The summed E-state index contributed by atoms with van der Waals surface area (Å²) in [7, 11) is 0. The number of benzene rings is 2. The van der Waals surface area contributed by atoms with Crippen molar-refractivity contribution >= 4 is 5.69 Å². The van der Waals surface area contributed by atoms with Crippen molar-refractivity contribution in [2.75, 3.05) is 5.32 Å². The van der Waals surface area contributed by atoms with Crippen molar-refractivity contribution in [2.45, 2.75) is 82.6 Å². The summed E-state index contributed by atoms with van der Waals surface area (Å²) in [6.45, 7) is 4.48. The fourth-order valence-corrected chi connectivity index (χ4v) is 5.72. The maximum Gasteiger partial charge on any atom is 0.153 e. The first-order valence-corrected chi connectivity index (χ1v) is 14.2. The van der Waals surface area contributed by atoms with E-state index in [0.29, 0.717) is 6.54 Å². The normalized spacial score (nSPS) is 17.3. The summed E-state index contributed by atoms with van der Waals surface area (Å²) >= 11 is 0. The first kappa shape index (κ1) is 30.7. The molecule has 3 aromatic rings. The van der Waals surface area contributed by atoms with Gasteiger partial charge in [-0.2, -0.15) is 0 Å². The third-order valence-electron chi connectivity index (χ3n) is 7.46. The SMILES string of the molecule is CC(C)c1c(C(O)Nc2ccccc2)c(C2C=CC=CC2)c(-c2ccc(F)cc2)n1CCC(O)CC(O)CC(O)O. The topological polar surface area (TPSA) is 118 Å². The number of anilines is 1. The number of aromatic nitrogens is 1. The molecule has 0 saturated carbocycles. The van der Waals surface area contributed by atoms with Crippen LogP contribution in [0.15, 0.2) is 78.9 Å². The van der Waals surface area contributed by atoms with Crippen LogP contribution in [0.5, 0.6) is 0 Å². The molecule has 7 nitrogen and oxygen atoms in total. The summed E-state index contributed by atoms with van der Waals surface area (Å²) in [5.41, 5.74) is 5.01. The molecule has 4 rings (SSSR count). The molecule has 2 aromatic carbocycles. The Bertz CT molecular complexity index is 1320. The van der Waals surface area contributed by atoms with Gasteiger partial charge in [-0.3, -0.25) is 0 Å². The number of hydrogen-bond donors (Lipinski definition) is 6. The summed E-state index contributed by atoms with van der Waals surface area (Å²) in [5, 5.41) is 54.3. The quantitative estimate of drug-likeness (QED) is 0.156. The van der Waals surface area contributed by atoms with Gasteiger partial charge in [0, 0.05) is 35.8 Å². The van der Waals surface area contributed by atoms with Gasteiger partial charge in [0.05, 0.1) is 17.9 Å². The third-order valence-corrected chi connectivity index (χ3v) is 7.46. The van der Waals surface area contributed by atoms with Gasteiger partial charge in [0.15, 0.2) is 12.5 Å². The fourth-order valence-electron chi connectivity index (χ4n) is 5.72. The number of hydrogen-bond acceptors (Lipinski definition) is 6. The Kier molecular flexibility index (Phi) is 10.5. The van der Waals surface area contributed by atoms with Crippen LogP contribution in [0.25, 0.3) is 11.3 Å². The average Bonchev–Trinajstić information content (AvgIpc) is 3.28. The van der Waals surface area contributed by atoms with E-state index in [0.717, 1.165) is 40.2 Å². The molecule has 8 heteroatoms. The average molecular weight is 565 g/mol. The fraction of sp³-hybridized carbons (Fsp3) is 0.394. The van der Waals surface area contributed by atoms with Crippen LogP contribution in [0, 0.1) is 5.82 Å². The number of allylic oxidation sites excluding steroid dienone is 4. The summed E-state index contributed by atoms with van der Waals surface area (Å²) in [5.74, 6) is -0.404. The number of halogens is 1. The van der Waals surface area contributed by atoms with E-state index in [4.69, 9.17) is 0 Å². The molecule has 1 aromatic heterocycles. The molecule has 0 radical (unpaired) electrons. The van der Waals surface area contributed by atoms with E-state index >= 15 is 0 Å². The predicted molar refractivity (Wildman–Crippen MR) is 159 cm³/mol. The molecule has 1 aliphatic carbocycles. The Morgan fingerprint density at radius 3 is 2.22 bits per heavy atom. The van der Waals surface area contributed by atoms with Gasteiger partial charge in [-0.05, 0) is 72.7 Å². The number of nitrogens with one attached hydrogen (secondary N) is 1. The van der Waals surface area contributed by atoms with Crippen LogP contribution in [0.3, 0.4) is 0 Å². The van der Waals surface area contributed by atoms with Crippen molar-refractivity contribution in [3.8, 4) is 11.3 Å². The van der Waals surface area contributed by atoms with Gasteiger partial charge in [0.2, 0.25) is 0 Å². The van der Waals surface area contributed by atoms with E-state index in [-0.39, 0.29) is 36.9 Å². The number of rotatable bonds is 13. The molecule has 1 aliphatic rings. The Hall–Kier alpha value is -3.27. The van der Waals surface area contributed by atoms with Crippen LogP contribution in [-0.4, -0.2) is 48.6 Å². The minimum absolute atomic E-state index is 0.00413. The predicted octanol–water partition coefficient (Wildman–Crippen LogP) is 5.32. The minimum atomic E-state index is -1.65. The molecular weight excluding hydrogens is 523 g/mol. The van der Waals surface area contributed by atoms with Crippen LogP contribution in [0.2, 0.25) is 0 Å². The van der Waals surface area contributed by atoms with E-state index in [9.17, 15) is 29.9 Å². The van der Waals surface area contributed by atoms with Crippen molar-refractivity contribution in [3.05, 3.63) is 102 Å². The zero-order valence-electron chi connectivity index (χ0n) is 23.6. The molecule has 0 aliphatic heterocycles. The molecule has 220 valence electrons. The Morgan fingerprint density at radius 1 is 0.902 bits per heavy atom. The van der Waals surface area contributed by atoms with Crippen LogP contribution >= 0.6 is 0 Å². The van der Waals surface area contributed by atoms with Crippen molar-refractivity contribution < 1.29 is 29.9 Å². The second kappa shape index (κ2) is 14.1. The first-order valence-electron chi connectivity index (χ1n) is 14.2. The smallest absolute Gasteiger partial charge is 0.153 e. The van der Waals surface area contributed by atoms with Gasteiger partial charge in [0.1, 0.15) is 5.82 Å². The highest BCUT2D eigenvalue weighted by Gasteiger charge is 2.33. The molecule has 0 bridgehead atoms. The van der Waals surface area contributed by atoms with Crippen LogP contribution in [0.1, 0.15) is 74.4 Å². The summed E-state index contributed by atoms with van der Waals surface area (Å²) in [6.07, 6.45) is 4.31. The molecule has 0 fully saturated rings. The molecule has 6 N–H and O–H groups in total. The van der Waals surface area contributed by atoms with Gasteiger partial charge in [0.25, 0.3) is 0 Å². The number of aliphatic hydroxyl groups is 5. The maximum atomic E-state index is 14.0. The highest BCUT2D eigenvalue weighted by Crippen LogP contribution is 2.45. The molecule has 1 heterocycles. The van der Waals surface area contributed by atoms with Crippen molar-refractivity contribution in [3.63, 3.8) is 0 Å². The molecule has 4 atom stereocenters. The van der Waals surface area contributed by atoms with Gasteiger partial charge in [-0.25, -0.2) is 4.39 Å². The Balaban J connectivity index is 1.85. The van der Waals surface area contributed by atoms with Crippen molar-refractivity contribution in [1.29, 1.82) is 0 Å². The lowest BCUT2D eigenvalue weighted by atomic mass is 9.86. The van der Waals surface area contributed by atoms with Crippen LogP contribution < -0.4 is 5.32 Å². The highest BCUT2D eigenvalue weighted by atomic mass is 19.1. The molecule has 0 saturated heterocycles. The first-order chi connectivity index (χ1) is 19.7. The zero-order chi connectivity index (χ0) is 29.5. The van der Waals surface area contributed by atoms with E-state index in [2.05, 4.69) is 35.9 Å². The second-order valence-electron chi connectivity index (χ2n) is 11.0. The number of aliphatic hydroxyl groups excluding tert-OH is 4. The van der Waals surface area contributed by atoms with E-state index < -0.39 is 24.7 Å². The minimum Gasteiger partial charge on any atom is -0.393 e. The Labute approximate surface area is 240 Å². The molecule has 0 amide bonds. The van der Waals surface area contributed by atoms with E-state index in [1.165, 1.54) is 12.1 Å².